The van der Waals surface area contributed by atoms with Gasteiger partial charge in [0.05, 0.1) is 18.3 Å². The summed E-state index contributed by atoms with van der Waals surface area (Å²) in [4.78, 5) is 4.73. The molecule has 24 heavy (non-hydrogen) atoms. The van der Waals surface area contributed by atoms with Crippen LogP contribution >= 0.6 is 0 Å². The van der Waals surface area contributed by atoms with Crippen molar-refractivity contribution in [3.63, 3.8) is 0 Å². The third-order valence-corrected chi connectivity index (χ3v) is 4.83. The maximum Gasteiger partial charge on any atom is 0.106 e. The second-order valence-corrected chi connectivity index (χ2v) is 6.94. The van der Waals surface area contributed by atoms with Crippen LogP contribution < -0.4 is 0 Å². The zero-order chi connectivity index (χ0) is 16.4. The van der Waals surface area contributed by atoms with E-state index in [1.54, 1.807) is 0 Å². The Hall–Kier alpha value is -2.05. The van der Waals surface area contributed by atoms with E-state index in [1.165, 1.54) is 25.7 Å². The Morgan fingerprint density at radius 2 is 2.00 bits per heavy atom. The van der Waals surface area contributed by atoms with E-state index in [0.717, 1.165) is 42.2 Å². The molecule has 1 aliphatic carbocycles. The molecule has 4 rings (SSSR count). The van der Waals surface area contributed by atoms with Crippen molar-refractivity contribution in [3.05, 3.63) is 41.9 Å². The summed E-state index contributed by atoms with van der Waals surface area (Å²) in [5.41, 5.74) is 3.28. The van der Waals surface area contributed by atoms with Crippen LogP contribution in [0.15, 0.2) is 30.5 Å². The molecule has 2 aliphatic rings. The quantitative estimate of drug-likeness (QED) is 0.793. The van der Waals surface area contributed by atoms with Crippen molar-refractivity contribution in [2.24, 2.45) is 5.92 Å². The van der Waals surface area contributed by atoms with Crippen LogP contribution in [0.2, 0.25) is 0 Å². The monoisotopic (exact) mass is 320 g/mol. The van der Waals surface area contributed by atoms with E-state index in [-0.39, 0.29) is 0 Å². The molecule has 1 atom stereocenters. The van der Waals surface area contributed by atoms with Gasteiger partial charge in [-0.3, -0.25) is 0 Å². The zero-order valence-electron chi connectivity index (χ0n) is 14.3. The molecule has 2 heterocycles. The van der Waals surface area contributed by atoms with Gasteiger partial charge in [0.15, 0.2) is 0 Å². The fourth-order valence-corrected chi connectivity index (χ4v) is 3.14. The second kappa shape index (κ2) is 6.83. The maximum atomic E-state index is 5.85. The van der Waals surface area contributed by atoms with E-state index in [1.807, 2.05) is 0 Å². The summed E-state index contributed by atoms with van der Waals surface area (Å²) in [6.45, 7) is 3.88. The Bertz CT molecular complexity index is 753. The molecule has 1 unspecified atom stereocenters. The van der Waals surface area contributed by atoms with Gasteiger partial charge < -0.3 is 9.30 Å². The summed E-state index contributed by atoms with van der Waals surface area (Å²) in [6.07, 6.45) is 8.65. The Morgan fingerprint density at radius 1 is 1.17 bits per heavy atom. The first-order valence-electron chi connectivity index (χ1n) is 9.05. The molecule has 3 heteroatoms. The van der Waals surface area contributed by atoms with E-state index in [9.17, 15) is 0 Å². The van der Waals surface area contributed by atoms with Gasteiger partial charge in [-0.1, -0.05) is 24.0 Å². The number of hydrogen-bond donors (Lipinski definition) is 0. The van der Waals surface area contributed by atoms with Gasteiger partial charge in [0.1, 0.15) is 5.82 Å². The number of nitrogens with zero attached hydrogens (tertiary/aromatic N) is 2. The van der Waals surface area contributed by atoms with Gasteiger partial charge in [-0.15, -0.1) is 0 Å². The van der Waals surface area contributed by atoms with Crippen molar-refractivity contribution in [2.45, 2.75) is 51.7 Å². The zero-order valence-corrected chi connectivity index (χ0v) is 14.3. The number of rotatable bonds is 3. The minimum Gasteiger partial charge on any atom is -0.376 e. The maximum absolute atomic E-state index is 5.85. The molecule has 1 aliphatic heterocycles. The molecule has 3 nitrogen and oxygen atoms in total. The van der Waals surface area contributed by atoms with Gasteiger partial charge >= 0.3 is 0 Å². The fraction of sp³-hybridized carbons (Fsp3) is 0.476. The van der Waals surface area contributed by atoms with Crippen molar-refractivity contribution in [3.8, 4) is 23.1 Å². The molecule has 0 amide bonds. The molecule has 124 valence electrons. The normalized spacial score (nSPS) is 20.5. The minimum atomic E-state index is 0.333. The van der Waals surface area contributed by atoms with E-state index >= 15 is 0 Å². The highest BCUT2D eigenvalue weighted by Crippen LogP contribution is 2.27. The van der Waals surface area contributed by atoms with Crippen molar-refractivity contribution in [1.29, 1.82) is 0 Å². The Labute approximate surface area is 144 Å². The van der Waals surface area contributed by atoms with Crippen LogP contribution in [-0.2, 0) is 11.3 Å². The molecule has 1 aromatic carbocycles. The number of aromatic nitrogens is 2. The van der Waals surface area contributed by atoms with Crippen molar-refractivity contribution in [1.82, 2.24) is 9.55 Å². The van der Waals surface area contributed by atoms with Crippen molar-refractivity contribution in [2.75, 3.05) is 6.61 Å². The molecule has 1 aromatic heterocycles. The van der Waals surface area contributed by atoms with Gasteiger partial charge in [-0.2, -0.15) is 0 Å². The number of imidazole rings is 1. The van der Waals surface area contributed by atoms with Crippen molar-refractivity contribution >= 4 is 0 Å². The van der Waals surface area contributed by atoms with Crippen LogP contribution in [0, 0.1) is 24.7 Å². The first-order valence-corrected chi connectivity index (χ1v) is 9.05. The van der Waals surface area contributed by atoms with Crippen LogP contribution in [0.4, 0.5) is 0 Å². The molecule has 1 saturated heterocycles. The SMILES string of the molecule is Cc1nc(-c2ccc(C#CC3CC3)cc2)cn1CC1CCCCO1. The summed E-state index contributed by atoms with van der Waals surface area (Å²) < 4.78 is 8.08. The summed E-state index contributed by atoms with van der Waals surface area (Å²) in [5, 5.41) is 0. The van der Waals surface area contributed by atoms with Gasteiger partial charge in [-0.05, 0) is 51.2 Å². The first-order chi connectivity index (χ1) is 11.8. The van der Waals surface area contributed by atoms with E-state index in [0.29, 0.717) is 12.0 Å². The first kappa shape index (κ1) is 15.5. The molecular formula is C21H24N2O. The lowest BCUT2D eigenvalue weighted by Crippen LogP contribution is -2.24. The predicted octanol–water partition coefficient (Wildman–Crippen LogP) is 4.19. The molecular weight excluding hydrogens is 296 g/mol. The van der Waals surface area contributed by atoms with Crippen LogP contribution in [0.3, 0.4) is 0 Å². The Morgan fingerprint density at radius 3 is 2.71 bits per heavy atom. The third kappa shape index (κ3) is 3.71. The predicted molar refractivity (Wildman–Crippen MR) is 95.6 cm³/mol. The summed E-state index contributed by atoms with van der Waals surface area (Å²) in [5.74, 6) is 8.27. The largest absolute Gasteiger partial charge is 0.376 e. The van der Waals surface area contributed by atoms with Crippen LogP contribution in [-0.4, -0.2) is 22.3 Å². The lowest BCUT2D eigenvalue weighted by molar-refractivity contribution is 0.00567. The van der Waals surface area contributed by atoms with E-state index in [4.69, 9.17) is 9.72 Å². The number of aryl methyl sites for hydroxylation is 1. The minimum absolute atomic E-state index is 0.333. The summed E-state index contributed by atoms with van der Waals surface area (Å²) in [7, 11) is 0. The van der Waals surface area contributed by atoms with Gasteiger partial charge in [-0.25, -0.2) is 4.98 Å². The smallest absolute Gasteiger partial charge is 0.106 e. The summed E-state index contributed by atoms with van der Waals surface area (Å²) in [6, 6.07) is 8.45. The average Bonchev–Trinajstić information content (AvgIpc) is 3.38. The second-order valence-electron chi connectivity index (χ2n) is 6.94. The molecule has 2 aromatic rings. The molecule has 0 radical (unpaired) electrons. The highest BCUT2D eigenvalue weighted by molar-refractivity contribution is 5.60. The number of hydrogen-bond acceptors (Lipinski definition) is 2. The lowest BCUT2D eigenvalue weighted by atomic mass is 10.1. The number of ether oxygens (including phenoxy) is 1. The van der Waals surface area contributed by atoms with Gasteiger partial charge in [0.2, 0.25) is 0 Å². The van der Waals surface area contributed by atoms with Crippen LogP contribution in [0.5, 0.6) is 0 Å². The molecule has 1 saturated carbocycles. The molecule has 0 bridgehead atoms. The van der Waals surface area contributed by atoms with Gasteiger partial charge in [0.25, 0.3) is 0 Å². The van der Waals surface area contributed by atoms with E-state index < -0.39 is 0 Å². The Balaban J connectivity index is 1.47. The highest BCUT2D eigenvalue weighted by atomic mass is 16.5. The summed E-state index contributed by atoms with van der Waals surface area (Å²) >= 11 is 0. The molecule has 0 N–H and O–H groups in total. The lowest BCUT2D eigenvalue weighted by Gasteiger charge is -2.23. The average molecular weight is 320 g/mol. The molecule has 2 fully saturated rings. The van der Waals surface area contributed by atoms with E-state index in [2.05, 4.69) is 53.8 Å². The standard InChI is InChI=1S/C21H24N2O/c1-16-22-21(15-23(16)14-20-4-2-3-13-24-20)19-11-9-18(10-12-19)8-7-17-5-6-17/h9-12,15,17,20H,2-6,13-14H2,1H3. The fourth-order valence-electron chi connectivity index (χ4n) is 3.14. The Kier molecular flexibility index (Phi) is 4.40. The van der Waals surface area contributed by atoms with Crippen LogP contribution in [0.1, 0.15) is 43.5 Å². The van der Waals surface area contributed by atoms with Gasteiger partial charge in [0, 0.05) is 29.8 Å². The van der Waals surface area contributed by atoms with Crippen molar-refractivity contribution < 1.29 is 4.74 Å². The third-order valence-electron chi connectivity index (χ3n) is 4.83. The number of benzene rings is 1. The topological polar surface area (TPSA) is 27.1 Å². The molecule has 0 spiro atoms. The van der Waals surface area contributed by atoms with Crippen LogP contribution in [0.25, 0.3) is 11.3 Å². The highest BCUT2D eigenvalue weighted by Gasteiger charge is 2.18.